The molecule has 3 aliphatic rings. The van der Waals surface area contributed by atoms with Crippen LogP contribution >= 0.6 is 0 Å². The Labute approximate surface area is 168 Å². The van der Waals surface area contributed by atoms with Crippen LogP contribution in [0.5, 0.6) is 0 Å². The number of piperazine rings is 1. The second-order valence-corrected chi connectivity index (χ2v) is 9.33. The lowest BCUT2D eigenvalue weighted by atomic mass is 9.81. The molecule has 0 bridgehead atoms. The van der Waals surface area contributed by atoms with Crippen LogP contribution in [0, 0.1) is 11.8 Å². The summed E-state index contributed by atoms with van der Waals surface area (Å²) in [6, 6.07) is 9.05. The molecule has 3 fully saturated rings. The van der Waals surface area contributed by atoms with E-state index in [4.69, 9.17) is 0 Å². The molecule has 5 nitrogen and oxygen atoms in total. The minimum absolute atomic E-state index is 0.0126. The highest BCUT2D eigenvalue weighted by Crippen LogP contribution is 2.37. The van der Waals surface area contributed by atoms with Gasteiger partial charge in [0.2, 0.25) is 11.8 Å². The van der Waals surface area contributed by atoms with E-state index in [2.05, 4.69) is 38.1 Å². The predicted octanol–water partition coefficient (Wildman–Crippen LogP) is 0.226. The fourth-order valence-electron chi connectivity index (χ4n) is 5.21. The van der Waals surface area contributed by atoms with Crippen LogP contribution in [0.25, 0.3) is 0 Å². The summed E-state index contributed by atoms with van der Waals surface area (Å²) in [4.78, 5) is 30.0. The molecule has 2 atom stereocenters. The quantitative estimate of drug-likeness (QED) is 0.713. The average molecular weight is 386 g/mol. The van der Waals surface area contributed by atoms with Crippen LogP contribution in [-0.4, -0.2) is 49.6 Å². The number of carbonyl (C=O) groups is 2. The smallest absolute Gasteiger partial charge is 0.237 e. The van der Waals surface area contributed by atoms with Crippen molar-refractivity contribution in [3.63, 3.8) is 0 Å². The molecule has 1 aromatic carbocycles. The summed E-state index contributed by atoms with van der Waals surface area (Å²) in [6.45, 7) is 10.4. The molecule has 0 unspecified atom stereocenters. The highest BCUT2D eigenvalue weighted by molar-refractivity contribution is 6.05. The number of hydrogen-bond donors (Lipinski definition) is 2. The number of hydrogen-bond acceptors (Lipinski definition) is 2. The Bertz CT molecular complexity index is 683. The van der Waals surface area contributed by atoms with Gasteiger partial charge in [-0.2, -0.15) is 0 Å². The molecule has 2 N–H and O–H groups in total. The van der Waals surface area contributed by atoms with E-state index in [0.29, 0.717) is 12.6 Å². The first-order valence-electron chi connectivity index (χ1n) is 11.1. The Morgan fingerprint density at radius 2 is 1.43 bits per heavy atom. The molecule has 0 spiro atoms. The molecule has 5 heteroatoms. The van der Waals surface area contributed by atoms with Crippen LogP contribution in [0.4, 0.5) is 0 Å². The molecule has 2 amide bonds. The number of nitrogens with zero attached hydrogens (tertiary/aromatic N) is 1. The second-order valence-electron chi connectivity index (χ2n) is 9.33. The van der Waals surface area contributed by atoms with Crippen LogP contribution in [-0.2, 0) is 16.1 Å². The Hall–Kier alpha value is -1.72. The molecule has 1 aliphatic carbocycles. The number of benzene rings is 1. The molecule has 1 saturated carbocycles. The van der Waals surface area contributed by atoms with Crippen molar-refractivity contribution in [1.82, 2.24) is 4.90 Å². The van der Waals surface area contributed by atoms with Gasteiger partial charge >= 0.3 is 0 Å². The van der Waals surface area contributed by atoms with Crippen molar-refractivity contribution in [2.24, 2.45) is 11.8 Å². The van der Waals surface area contributed by atoms with Crippen LogP contribution in [0.2, 0.25) is 0 Å². The van der Waals surface area contributed by atoms with E-state index in [1.54, 1.807) is 9.80 Å². The number of fused-ring (bicyclic) bond motifs is 1. The maximum absolute atomic E-state index is 12.7. The van der Waals surface area contributed by atoms with Crippen LogP contribution in [0.15, 0.2) is 24.3 Å². The van der Waals surface area contributed by atoms with E-state index >= 15 is 0 Å². The SMILES string of the molecule is CC(C)c1ccc(C[NH+]2CC[NH+](CN3C(=O)[C@@H]4CCCC[C@H]4C3=O)CC2)cc1. The van der Waals surface area contributed by atoms with E-state index in [9.17, 15) is 9.59 Å². The molecular weight excluding hydrogens is 350 g/mol. The first-order chi connectivity index (χ1) is 13.5. The maximum Gasteiger partial charge on any atom is 0.237 e. The molecule has 28 heavy (non-hydrogen) atoms. The largest absolute Gasteiger partial charge is 0.322 e. The van der Waals surface area contributed by atoms with Crippen LogP contribution in [0.1, 0.15) is 56.6 Å². The fraction of sp³-hybridized carbons (Fsp3) is 0.652. The van der Waals surface area contributed by atoms with Gasteiger partial charge in [-0.15, -0.1) is 0 Å². The summed E-state index contributed by atoms with van der Waals surface area (Å²) in [5.74, 6) is 0.778. The van der Waals surface area contributed by atoms with Gasteiger partial charge in [0.05, 0.1) is 11.8 Å². The molecule has 2 saturated heterocycles. The van der Waals surface area contributed by atoms with Gasteiger partial charge in [-0.3, -0.25) is 9.59 Å². The Balaban J connectivity index is 1.27. The molecular formula is C23H35N3O2+2. The number of nitrogens with one attached hydrogen (secondary N) is 2. The third kappa shape index (κ3) is 4.01. The highest BCUT2D eigenvalue weighted by Gasteiger charge is 2.49. The Morgan fingerprint density at radius 1 is 0.893 bits per heavy atom. The van der Waals surface area contributed by atoms with E-state index < -0.39 is 0 Å². The zero-order valence-electron chi connectivity index (χ0n) is 17.4. The zero-order chi connectivity index (χ0) is 19.7. The minimum atomic E-state index is -0.0126. The number of carbonyl (C=O) groups excluding carboxylic acids is 2. The van der Waals surface area contributed by atoms with Crippen LogP contribution in [0.3, 0.4) is 0 Å². The van der Waals surface area contributed by atoms with Crippen molar-refractivity contribution in [2.45, 2.75) is 52.0 Å². The maximum atomic E-state index is 12.7. The molecule has 0 aromatic heterocycles. The van der Waals surface area contributed by atoms with E-state index in [1.807, 2.05) is 0 Å². The zero-order valence-corrected chi connectivity index (χ0v) is 17.4. The van der Waals surface area contributed by atoms with E-state index in [0.717, 1.165) is 58.4 Å². The Kier molecular flexibility index (Phi) is 5.83. The van der Waals surface area contributed by atoms with E-state index in [-0.39, 0.29) is 23.7 Å². The summed E-state index contributed by atoms with van der Waals surface area (Å²) >= 11 is 0. The van der Waals surface area contributed by atoms with Crippen molar-refractivity contribution in [2.75, 3.05) is 32.8 Å². The van der Waals surface area contributed by atoms with Crippen molar-refractivity contribution >= 4 is 11.8 Å². The van der Waals surface area contributed by atoms with Gasteiger partial charge in [-0.25, -0.2) is 4.90 Å². The predicted molar refractivity (Wildman–Crippen MR) is 108 cm³/mol. The van der Waals surface area contributed by atoms with Crippen LogP contribution < -0.4 is 9.80 Å². The van der Waals surface area contributed by atoms with Gasteiger partial charge in [0.1, 0.15) is 32.7 Å². The van der Waals surface area contributed by atoms with Crippen molar-refractivity contribution in [1.29, 1.82) is 0 Å². The number of likely N-dealkylation sites (tertiary alicyclic amines) is 1. The topological polar surface area (TPSA) is 46.3 Å². The Morgan fingerprint density at radius 3 is 1.96 bits per heavy atom. The normalized spacial score (nSPS) is 30.8. The summed E-state index contributed by atoms with van der Waals surface area (Å²) in [6.07, 6.45) is 4.02. The second kappa shape index (κ2) is 8.34. The molecule has 0 radical (unpaired) electrons. The van der Waals surface area contributed by atoms with Gasteiger partial charge in [0, 0.05) is 5.56 Å². The lowest BCUT2D eigenvalue weighted by molar-refractivity contribution is -1.02. The monoisotopic (exact) mass is 385 g/mol. The first kappa shape index (κ1) is 19.6. The van der Waals surface area contributed by atoms with Crippen molar-refractivity contribution in [3.05, 3.63) is 35.4 Å². The highest BCUT2D eigenvalue weighted by atomic mass is 16.2. The van der Waals surface area contributed by atoms with Gasteiger partial charge < -0.3 is 9.80 Å². The molecule has 152 valence electrons. The fourth-order valence-corrected chi connectivity index (χ4v) is 5.21. The van der Waals surface area contributed by atoms with Crippen molar-refractivity contribution < 1.29 is 19.4 Å². The minimum Gasteiger partial charge on any atom is -0.322 e. The number of quaternary nitrogens is 2. The van der Waals surface area contributed by atoms with Gasteiger partial charge in [-0.1, -0.05) is 51.0 Å². The van der Waals surface area contributed by atoms with Gasteiger partial charge in [-0.05, 0) is 24.3 Å². The number of amides is 2. The van der Waals surface area contributed by atoms with Gasteiger partial charge in [0.15, 0.2) is 6.67 Å². The average Bonchev–Trinajstić information content (AvgIpc) is 2.95. The lowest BCUT2D eigenvalue weighted by Crippen LogP contribution is -3.28. The molecule has 2 heterocycles. The third-order valence-corrected chi connectivity index (χ3v) is 7.08. The molecule has 1 aromatic rings. The lowest BCUT2D eigenvalue weighted by Gasteiger charge is -2.31. The third-order valence-electron chi connectivity index (χ3n) is 7.08. The summed E-state index contributed by atoms with van der Waals surface area (Å²) in [7, 11) is 0. The summed E-state index contributed by atoms with van der Waals surface area (Å²) < 4.78 is 0. The number of imide groups is 1. The van der Waals surface area contributed by atoms with Gasteiger partial charge in [0.25, 0.3) is 0 Å². The summed E-state index contributed by atoms with van der Waals surface area (Å²) in [5.41, 5.74) is 2.80. The first-order valence-corrected chi connectivity index (χ1v) is 11.1. The van der Waals surface area contributed by atoms with Crippen molar-refractivity contribution in [3.8, 4) is 0 Å². The molecule has 2 aliphatic heterocycles. The standard InChI is InChI=1S/C23H33N3O2/c1-17(2)19-9-7-18(8-10-19)15-24-11-13-25(14-12-24)16-26-22(27)20-5-3-4-6-21(20)23(26)28/h7-10,17,20-21H,3-6,11-16H2,1-2H3/p+2/t20-,21-/m1/s1. The summed E-state index contributed by atoms with van der Waals surface area (Å²) in [5, 5.41) is 0. The molecule has 4 rings (SSSR count). The number of rotatable bonds is 5. The van der Waals surface area contributed by atoms with E-state index in [1.165, 1.54) is 16.0 Å².